The maximum atomic E-state index is 12.3. The van der Waals surface area contributed by atoms with Crippen molar-refractivity contribution in [3.63, 3.8) is 0 Å². The fourth-order valence-corrected chi connectivity index (χ4v) is 3.17. The molecule has 0 spiro atoms. The molecule has 0 aromatic rings. The number of imide groups is 1. The van der Waals surface area contributed by atoms with Crippen molar-refractivity contribution in [3.05, 3.63) is 12.2 Å². The maximum absolute atomic E-state index is 12.3. The van der Waals surface area contributed by atoms with Gasteiger partial charge in [-0.3, -0.25) is 14.5 Å². The summed E-state index contributed by atoms with van der Waals surface area (Å²) in [5.41, 5.74) is 0.892. The maximum Gasteiger partial charge on any atom is 0.233 e. The van der Waals surface area contributed by atoms with E-state index in [1.54, 1.807) is 0 Å². The van der Waals surface area contributed by atoms with Gasteiger partial charge in [0.2, 0.25) is 11.8 Å². The van der Waals surface area contributed by atoms with E-state index in [2.05, 4.69) is 39.6 Å². The minimum atomic E-state index is -0.0686. The molecule has 1 N–H and O–H groups in total. The summed E-state index contributed by atoms with van der Waals surface area (Å²) < 4.78 is 0. The molecule has 2 rings (SSSR count). The second-order valence-corrected chi connectivity index (χ2v) is 7.41. The van der Waals surface area contributed by atoms with Crippen molar-refractivity contribution < 1.29 is 9.59 Å². The van der Waals surface area contributed by atoms with Crippen LogP contribution >= 0.6 is 0 Å². The van der Waals surface area contributed by atoms with Crippen molar-refractivity contribution >= 4 is 11.8 Å². The van der Waals surface area contributed by atoms with Crippen LogP contribution in [-0.4, -0.2) is 35.3 Å². The van der Waals surface area contributed by atoms with Gasteiger partial charge in [-0.05, 0) is 45.1 Å². The first-order chi connectivity index (χ1) is 9.19. The molecular formula is C16H26N2O2. The Morgan fingerprint density at radius 1 is 1.25 bits per heavy atom. The molecule has 20 heavy (non-hydrogen) atoms. The average Bonchev–Trinajstić information content (AvgIpc) is 2.80. The molecule has 1 aliphatic heterocycles. The molecule has 2 fully saturated rings. The molecule has 2 atom stereocenters. The second kappa shape index (κ2) is 5.32. The van der Waals surface area contributed by atoms with Crippen LogP contribution in [0.5, 0.6) is 0 Å². The summed E-state index contributed by atoms with van der Waals surface area (Å²) in [4.78, 5) is 26.1. The third-order valence-electron chi connectivity index (χ3n) is 4.22. The van der Waals surface area contributed by atoms with Crippen LogP contribution < -0.4 is 5.32 Å². The van der Waals surface area contributed by atoms with Crippen LogP contribution in [0.25, 0.3) is 0 Å². The number of fused-ring (bicyclic) bond motifs is 1. The standard InChI is InChI=1S/C16H26N2O2/c1-10-6-12-13(7-10)15(20)18(14(12)19)9-11(2)8-17-16(3,4)5/h10,12-13,17H,2,6-9H2,1,3-5H3. The topological polar surface area (TPSA) is 49.4 Å². The summed E-state index contributed by atoms with van der Waals surface area (Å²) in [7, 11) is 0. The van der Waals surface area contributed by atoms with E-state index in [0.717, 1.165) is 18.4 Å². The first-order valence-corrected chi connectivity index (χ1v) is 7.46. The molecular weight excluding hydrogens is 252 g/mol. The lowest BCUT2D eigenvalue weighted by Crippen LogP contribution is -2.40. The molecule has 0 aromatic carbocycles. The van der Waals surface area contributed by atoms with E-state index in [9.17, 15) is 9.59 Å². The molecule has 2 unspecified atom stereocenters. The lowest BCUT2D eigenvalue weighted by Gasteiger charge is -2.23. The number of hydrogen-bond acceptors (Lipinski definition) is 3. The first-order valence-electron chi connectivity index (χ1n) is 7.46. The molecule has 1 saturated carbocycles. The van der Waals surface area contributed by atoms with E-state index in [-0.39, 0.29) is 29.2 Å². The molecule has 2 aliphatic rings. The Labute approximate surface area is 121 Å². The highest BCUT2D eigenvalue weighted by molar-refractivity contribution is 6.05. The molecule has 1 saturated heterocycles. The van der Waals surface area contributed by atoms with Gasteiger partial charge in [0.1, 0.15) is 0 Å². The van der Waals surface area contributed by atoms with Gasteiger partial charge in [-0.1, -0.05) is 13.5 Å². The van der Waals surface area contributed by atoms with Gasteiger partial charge in [-0.15, -0.1) is 0 Å². The van der Waals surface area contributed by atoms with Crippen LogP contribution in [-0.2, 0) is 9.59 Å². The molecule has 4 heteroatoms. The number of carbonyl (C=O) groups is 2. The van der Waals surface area contributed by atoms with Crippen molar-refractivity contribution in [1.82, 2.24) is 10.2 Å². The van der Waals surface area contributed by atoms with Crippen LogP contribution in [0.1, 0.15) is 40.5 Å². The first kappa shape index (κ1) is 15.2. The molecule has 112 valence electrons. The molecule has 0 radical (unpaired) electrons. The summed E-state index contributed by atoms with van der Waals surface area (Å²) in [5.74, 6) is 0.384. The third-order valence-corrected chi connectivity index (χ3v) is 4.22. The summed E-state index contributed by atoms with van der Waals surface area (Å²) >= 11 is 0. The van der Waals surface area contributed by atoms with Crippen LogP contribution in [0.4, 0.5) is 0 Å². The molecule has 2 amide bonds. The second-order valence-electron chi connectivity index (χ2n) is 7.41. The van der Waals surface area contributed by atoms with Gasteiger partial charge in [0.05, 0.1) is 18.4 Å². The van der Waals surface area contributed by atoms with Crippen LogP contribution in [0.15, 0.2) is 12.2 Å². The normalized spacial score (nSPS) is 30.0. The number of likely N-dealkylation sites (tertiary alicyclic amines) is 1. The lowest BCUT2D eigenvalue weighted by atomic mass is 10.00. The van der Waals surface area contributed by atoms with Crippen LogP contribution in [0, 0.1) is 17.8 Å². The predicted octanol–water partition coefficient (Wildman–Crippen LogP) is 1.96. The van der Waals surface area contributed by atoms with Crippen molar-refractivity contribution in [2.75, 3.05) is 13.1 Å². The van der Waals surface area contributed by atoms with Crippen molar-refractivity contribution in [2.24, 2.45) is 17.8 Å². The van der Waals surface area contributed by atoms with Crippen molar-refractivity contribution in [1.29, 1.82) is 0 Å². The molecule has 0 aromatic heterocycles. The van der Waals surface area contributed by atoms with Gasteiger partial charge >= 0.3 is 0 Å². The van der Waals surface area contributed by atoms with Gasteiger partial charge in [0.15, 0.2) is 0 Å². The number of carbonyl (C=O) groups excluding carboxylic acids is 2. The lowest BCUT2D eigenvalue weighted by molar-refractivity contribution is -0.140. The van der Waals surface area contributed by atoms with Gasteiger partial charge in [-0.25, -0.2) is 0 Å². The minimum absolute atomic E-state index is 0.00784. The number of nitrogens with zero attached hydrogens (tertiary/aromatic N) is 1. The number of hydrogen-bond donors (Lipinski definition) is 1. The zero-order valence-electron chi connectivity index (χ0n) is 13.0. The highest BCUT2D eigenvalue weighted by atomic mass is 16.2. The van der Waals surface area contributed by atoms with E-state index in [1.807, 2.05) is 0 Å². The quantitative estimate of drug-likeness (QED) is 0.632. The molecule has 1 heterocycles. The molecule has 4 nitrogen and oxygen atoms in total. The Morgan fingerprint density at radius 3 is 2.20 bits per heavy atom. The van der Waals surface area contributed by atoms with E-state index >= 15 is 0 Å². The zero-order chi connectivity index (χ0) is 15.1. The Morgan fingerprint density at radius 2 is 1.75 bits per heavy atom. The fraction of sp³-hybridized carbons (Fsp3) is 0.750. The minimum Gasteiger partial charge on any atom is -0.308 e. The summed E-state index contributed by atoms with van der Waals surface area (Å²) in [6.07, 6.45) is 1.72. The Hall–Kier alpha value is -1.16. The zero-order valence-corrected chi connectivity index (χ0v) is 13.0. The SMILES string of the molecule is C=C(CNC(C)(C)C)CN1C(=O)C2CC(C)CC2C1=O. The fourth-order valence-electron chi connectivity index (χ4n) is 3.17. The highest BCUT2D eigenvalue weighted by Crippen LogP contribution is 2.42. The Balaban J connectivity index is 1.93. The van der Waals surface area contributed by atoms with Gasteiger partial charge < -0.3 is 5.32 Å². The molecule has 1 aliphatic carbocycles. The summed E-state index contributed by atoms with van der Waals surface area (Å²) in [6, 6.07) is 0. The van der Waals surface area contributed by atoms with Crippen LogP contribution in [0.2, 0.25) is 0 Å². The number of nitrogens with one attached hydrogen (secondary N) is 1. The third kappa shape index (κ3) is 3.11. The van der Waals surface area contributed by atoms with Gasteiger partial charge in [0.25, 0.3) is 0 Å². The number of rotatable bonds is 4. The van der Waals surface area contributed by atoms with E-state index in [1.165, 1.54) is 4.90 Å². The number of amides is 2. The van der Waals surface area contributed by atoms with Gasteiger partial charge in [-0.2, -0.15) is 0 Å². The van der Waals surface area contributed by atoms with Gasteiger partial charge in [0, 0.05) is 12.1 Å². The molecule has 0 bridgehead atoms. The summed E-state index contributed by atoms with van der Waals surface area (Å²) in [5, 5.41) is 3.33. The predicted molar refractivity (Wildman–Crippen MR) is 79.0 cm³/mol. The average molecular weight is 278 g/mol. The Kier molecular flexibility index (Phi) is 4.05. The van der Waals surface area contributed by atoms with Crippen molar-refractivity contribution in [3.8, 4) is 0 Å². The van der Waals surface area contributed by atoms with Crippen LogP contribution in [0.3, 0.4) is 0 Å². The van der Waals surface area contributed by atoms with E-state index in [4.69, 9.17) is 0 Å². The van der Waals surface area contributed by atoms with E-state index < -0.39 is 0 Å². The highest BCUT2D eigenvalue weighted by Gasteiger charge is 2.51. The monoisotopic (exact) mass is 278 g/mol. The Bertz CT molecular complexity index is 412. The largest absolute Gasteiger partial charge is 0.308 e. The summed E-state index contributed by atoms with van der Waals surface area (Å²) in [6.45, 7) is 13.4. The smallest absolute Gasteiger partial charge is 0.233 e. The van der Waals surface area contributed by atoms with E-state index in [0.29, 0.717) is 19.0 Å². The van der Waals surface area contributed by atoms with Crippen molar-refractivity contribution in [2.45, 2.75) is 46.1 Å².